The zero-order valence-corrected chi connectivity index (χ0v) is 26.7. The molecule has 13 heteroatoms. The van der Waals surface area contributed by atoms with Gasteiger partial charge >= 0.3 is 17.9 Å². The van der Waals surface area contributed by atoms with Crippen LogP contribution in [0.1, 0.15) is 58.9 Å². The lowest BCUT2D eigenvalue weighted by Gasteiger charge is -2.15. The molecule has 256 valence electrons. The van der Waals surface area contributed by atoms with E-state index in [2.05, 4.69) is 13.8 Å². The molecule has 0 aliphatic rings. The van der Waals surface area contributed by atoms with Crippen LogP contribution in [0.15, 0.2) is 91.2 Å². The number of benzene rings is 3. The maximum atomic E-state index is 12.3. The van der Waals surface area contributed by atoms with Crippen molar-refractivity contribution in [3.63, 3.8) is 0 Å². The summed E-state index contributed by atoms with van der Waals surface area (Å²) in [7, 11) is 0. The van der Waals surface area contributed by atoms with Crippen molar-refractivity contribution < 1.29 is 53.1 Å². The van der Waals surface area contributed by atoms with Gasteiger partial charge in [0.1, 0.15) is 52.8 Å². The Hall–Kier alpha value is -5.95. The molecule has 2 heterocycles. The molecule has 5 aromatic rings. The van der Waals surface area contributed by atoms with Crippen LogP contribution in [-0.4, -0.2) is 57.7 Å². The highest BCUT2D eigenvalue weighted by Gasteiger charge is 2.18. The fraction of sp³-hybridized carbons (Fsp3) is 0.250. The zero-order chi connectivity index (χ0) is 35.8. The summed E-state index contributed by atoms with van der Waals surface area (Å²) in [5.41, 5.74) is 0.917. The van der Waals surface area contributed by atoms with Crippen LogP contribution in [0.5, 0.6) is 11.5 Å². The normalized spacial score (nSPS) is 11.6. The number of hydrogen-bond donors (Lipinski definition) is 4. The molecule has 13 nitrogen and oxygen atoms in total. The maximum Gasteiger partial charge on any atom is 0.371 e. The zero-order valence-electron chi connectivity index (χ0n) is 26.7. The standard InChI is InChI=1S/C23H16O11.C13H18O2/c24-11(9-31-14-3-1-5-16-20(14)12(25)7-18(33-16)22(27)28)10-32-15-4-2-6-17-21(15)13(26)8-19(34-17)23(29)30;1-9(2)8-11-4-6-12(7-5-11)10(3)13(14)15/h1-8,11,24H,9-10H2,(H,27,28)(H,29,30);4-7,9-10H,8H2,1-3H3,(H,14,15). The molecule has 4 N–H and O–H groups in total. The summed E-state index contributed by atoms with van der Waals surface area (Å²) in [6, 6.07) is 18.3. The number of fused-ring (bicyclic) bond motifs is 2. The highest BCUT2D eigenvalue weighted by molar-refractivity contribution is 5.90. The Morgan fingerprint density at radius 1 is 0.694 bits per heavy atom. The summed E-state index contributed by atoms with van der Waals surface area (Å²) in [6.07, 6.45) is -0.150. The van der Waals surface area contributed by atoms with Gasteiger partial charge in [-0.05, 0) is 54.7 Å². The van der Waals surface area contributed by atoms with Gasteiger partial charge in [-0.1, -0.05) is 50.2 Å². The van der Waals surface area contributed by atoms with Crippen LogP contribution in [0.2, 0.25) is 0 Å². The van der Waals surface area contributed by atoms with Gasteiger partial charge in [0.25, 0.3) is 0 Å². The van der Waals surface area contributed by atoms with Crippen LogP contribution in [0, 0.1) is 5.92 Å². The van der Waals surface area contributed by atoms with E-state index in [4.69, 9.17) is 33.6 Å². The Labute approximate surface area is 278 Å². The molecule has 0 saturated heterocycles. The number of aliphatic carboxylic acids is 1. The van der Waals surface area contributed by atoms with Crippen molar-refractivity contribution in [1.29, 1.82) is 0 Å². The fourth-order valence-corrected chi connectivity index (χ4v) is 4.78. The Balaban J connectivity index is 0.000000302. The summed E-state index contributed by atoms with van der Waals surface area (Å²) >= 11 is 0. The first-order valence-electron chi connectivity index (χ1n) is 15.1. The molecule has 0 fully saturated rings. The second kappa shape index (κ2) is 15.8. The topological polar surface area (TPSA) is 211 Å². The third-order valence-electron chi connectivity index (χ3n) is 7.21. The lowest BCUT2D eigenvalue weighted by Crippen LogP contribution is -2.25. The summed E-state index contributed by atoms with van der Waals surface area (Å²) in [5.74, 6) is -4.21. The van der Waals surface area contributed by atoms with Gasteiger partial charge < -0.3 is 38.7 Å². The van der Waals surface area contributed by atoms with E-state index in [9.17, 15) is 29.1 Å². The number of aromatic carboxylic acids is 2. The number of carbonyl (C=O) groups is 3. The third-order valence-corrected chi connectivity index (χ3v) is 7.21. The second-order valence-corrected chi connectivity index (χ2v) is 11.5. The van der Waals surface area contributed by atoms with Crippen LogP contribution in [0.4, 0.5) is 0 Å². The first-order chi connectivity index (χ1) is 23.2. The molecule has 5 rings (SSSR count). The lowest BCUT2D eigenvalue weighted by atomic mass is 9.97. The Kier molecular flexibility index (Phi) is 11.5. The number of aliphatic hydroxyl groups is 1. The smallest absolute Gasteiger partial charge is 0.371 e. The molecule has 0 saturated carbocycles. The molecule has 1 unspecified atom stereocenters. The molecular formula is C36H34O13. The first kappa shape index (κ1) is 35.9. The van der Waals surface area contributed by atoms with E-state index in [0.717, 1.165) is 24.1 Å². The van der Waals surface area contributed by atoms with Crippen molar-refractivity contribution in [1.82, 2.24) is 0 Å². The van der Waals surface area contributed by atoms with Crippen LogP contribution in [0.25, 0.3) is 21.9 Å². The molecule has 2 aromatic heterocycles. The number of ether oxygens (including phenoxy) is 2. The van der Waals surface area contributed by atoms with Gasteiger partial charge in [-0.25, -0.2) is 9.59 Å². The van der Waals surface area contributed by atoms with E-state index >= 15 is 0 Å². The number of hydrogen-bond acceptors (Lipinski definition) is 10. The highest BCUT2D eigenvalue weighted by atomic mass is 16.5. The molecule has 0 bridgehead atoms. The van der Waals surface area contributed by atoms with E-state index in [0.29, 0.717) is 5.92 Å². The van der Waals surface area contributed by atoms with Crippen LogP contribution >= 0.6 is 0 Å². The number of carboxylic acid groups (broad SMARTS) is 3. The molecule has 3 aromatic carbocycles. The Morgan fingerprint density at radius 2 is 1.14 bits per heavy atom. The number of carboxylic acids is 3. The quantitative estimate of drug-likeness (QED) is 0.134. The van der Waals surface area contributed by atoms with Crippen LogP contribution in [-0.2, 0) is 11.2 Å². The van der Waals surface area contributed by atoms with Gasteiger partial charge in [0.15, 0.2) is 10.9 Å². The van der Waals surface area contributed by atoms with Gasteiger partial charge in [-0.2, -0.15) is 0 Å². The van der Waals surface area contributed by atoms with Crippen molar-refractivity contribution in [2.24, 2.45) is 5.92 Å². The average molecular weight is 675 g/mol. The first-order valence-corrected chi connectivity index (χ1v) is 15.1. The fourth-order valence-electron chi connectivity index (χ4n) is 4.78. The summed E-state index contributed by atoms with van der Waals surface area (Å²) in [4.78, 5) is 57.6. The van der Waals surface area contributed by atoms with Gasteiger partial charge in [0, 0.05) is 12.1 Å². The van der Waals surface area contributed by atoms with Crippen molar-refractivity contribution in [2.45, 2.75) is 39.2 Å². The minimum absolute atomic E-state index is 0.0105. The molecule has 1 atom stereocenters. The maximum absolute atomic E-state index is 12.3. The molecule has 0 aliphatic heterocycles. The minimum atomic E-state index is -1.39. The molecular weight excluding hydrogens is 640 g/mol. The van der Waals surface area contributed by atoms with E-state index in [1.165, 1.54) is 42.0 Å². The number of aliphatic hydroxyl groups excluding tert-OH is 1. The average Bonchev–Trinajstić information content (AvgIpc) is 3.05. The monoisotopic (exact) mass is 674 g/mol. The van der Waals surface area contributed by atoms with E-state index in [1.54, 1.807) is 6.92 Å². The molecule has 49 heavy (non-hydrogen) atoms. The Bertz CT molecular complexity index is 1980. The van der Waals surface area contributed by atoms with Crippen LogP contribution in [0.3, 0.4) is 0 Å². The van der Waals surface area contributed by atoms with E-state index in [-0.39, 0.29) is 46.7 Å². The largest absolute Gasteiger partial charge is 0.490 e. The SMILES string of the molecule is CC(C)Cc1ccc(C(C)C(=O)O)cc1.O=C(O)c1cc(=O)c2c(OCC(O)COc3cccc4oc(C(=O)O)cc(=O)c34)cccc2o1. The molecule has 0 aliphatic carbocycles. The predicted octanol–water partition coefficient (Wildman–Crippen LogP) is 5.19. The minimum Gasteiger partial charge on any atom is -0.490 e. The van der Waals surface area contributed by atoms with Gasteiger partial charge in [-0.3, -0.25) is 14.4 Å². The summed E-state index contributed by atoms with van der Waals surface area (Å²) < 4.78 is 21.4. The lowest BCUT2D eigenvalue weighted by molar-refractivity contribution is -0.138. The van der Waals surface area contributed by atoms with Crippen molar-refractivity contribution in [2.75, 3.05) is 13.2 Å². The number of rotatable bonds is 12. The van der Waals surface area contributed by atoms with Crippen LogP contribution < -0.4 is 20.3 Å². The molecule has 0 spiro atoms. The Morgan fingerprint density at radius 3 is 1.53 bits per heavy atom. The van der Waals surface area contributed by atoms with Gasteiger partial charge in [-0.15, -0.1) is 0 Å². The van der Waals surface area contributed by atoms with Gasteiger partial charge in [0.05, 0.1) is 5.92 Å². The van der Waals surface area contributed by atoms with Crippen molar-refractivity contribution in [3.8, 4) is 11.5 Å². The van der Waals surface area contributed by atoms with E-state index < -0.39 is 52.3 Å². The van der Waals surface area contributed by atoms with Gasteiger partial charge in [0.2, 0.25) is 11.5 Å². The summed E-state index contributed by atoms with van der Waals surface area (Å²) in [5, 5.41) is 37.2. The predicted molar refractivity (Wildman–Crippen MR) is 177 cm³/mol. The molecule has 0 amide bonds. The molecule has 0 radical (unpaired) electrons. The summed E-state index contributed by atoms with van der Waals surface area (Å²) in [6.45, 7) is 5.45. The van der Waals surface area contributed by atoms with Crippen molar-refractivity contribution in [3.05, 3.63) is 116 Å². The third kappa shape index (κ3) is 9.11. The van der Waals surface area contributed by atoms with Crippen molar-refractivity contribution >= 4 is 39.8 Å². The second-order valence-electron chi connectivity index (χ2n) is 11.5. The van der Waals surface area contributed by atoms with E-state index in [1.807, 2.05) is 24.3 Å². The highest BCUT2D eigenvalue weighted by Crippen LogP contribution is 2.25.